The van der Waals surface area contributed by atoms with E-state index in [1.54, 1.807) is 18.7 Å². The Morgan fingerprint density at radius 1 is 0.804 bits per heavy atom. The highest BCUT2D eigenvalue weighted by atomic mass is 32.2. The largest absolute Gasteiger partial charge is 0.489 e. The van der Waals surface area contributed by atoms with Crippen LogP contribution in [0.4, 0.5) is 51.1 Å². The van der Waals surface area contributed by atoms with E-state index in [1.165, 1.54) is 17.9 Å². The van der Waals surface area contributed by atoms with E-state index in [2.05, 4.69) is 9.97 Å². The van der Waals surface area contributed by atoms with Gasteiger partial charge in [0.2, 0.25) is 5.95 Å². The van der Waals surface area contributed by atoms with Crippen molar-refractivity contribution in [3.63, 3.8) is 0 Å². The molecule has 0 N–H and O–H groups in total. The van der Waals surface area contributed by atoms with Gasteiger partial charge in [0, 0.05) is 31.6 Å². The molecule has 3 rings (SSSR count). The van der Waals surface area contributed by atoms with Crippen LogP contribution in [0.15, 0.2) is 48.8 Å². The highest BCUT2D eigenvalue weighted by Gasteiger charge is 2.38. The summed E-state index contributed by atoms with van der Waals surface area (Å²) in [7, 11) is -3.37. The van der Waals surface area contributed by atoms with Gasteiger partial charge < -0.3 is 14.5 Å². The maximum atomic E-state index is 13.8. The van der Waals surface area contributed by atoms with Crippen molar-refractivity contribution in [1.82, 2.24) is 9.97 Å². The summed E-state index contributed by atoms with van der Waals surface area (Å²) >= 11 is 0. The molecule has 0 saturated carbocycles. The predicted octanol–water partition coefficient (Wildman–Crippen LogP) is 7.57. The van der Waals surface area contributed by atoms with Crippen LogP contribution in [0.2, 0.25) is 0 Å². The number of hydrogen-bond donors (Lipinski definition) is 0. The molecule has 2 aromatic carbocycles. The first-order valence-corrected chi connectivity index (χ1v) is 15.8. The number of aromatic nitrogens is 2. The van der Waals surface area contributed by atoms with Gasteiger partial charge >= 0.3 is 18.5 Å². The minimum absolute atomic E-state index is 0.00123. The average molecular weight is 687 g/mol. The number of ether oxygens (including phenoxy) is 1. The maximum Gasteiger partial charge on any atom is 0.416 e. The van der Waals surface area contributed by atoms with Crippen molar-refractivity contribution >= 4 is 21.5 Å². The van der Waals surface area contributed by atoms with E-state index in [9.17, 15) is 47.9 Å². The molecule has 0 aliphatic heterocycles. The number of anilines is 2. The van der Waals surface area contributed by atoms with Crippen molar-refractivity contribution in [3.05, 3.63) is 76.6 Å². The molecule has 0 spiro atoms. The van der Waals surface area contributed by atoms with Gasteiger partial charge in [0.05, 0.1) is 40.9 Å². The highest BCUT2D eigenvalue weighted by molar-refractivity contribution is 7.90. The van der Waals surface area contributed by atoms with E-state index in [4.69, 9.17) is 4.74 Å². The Labute approximate surface area is 259 Å². The summed E-state index contributed by atoms with van der Waals surface area (Å²) in [5, 5.41) is 0. The topological polar surface area (TPSA) is 75.6 Å². The lowest BCUT2D eigenvalue weighted by Gasteiger charge is -2.33. The molecule has 0 aliphatic rings. The van der Waals surface area contributed by atoms with Crippen molar-refractivity contribution < 1.29 is 52.7 Å². The molecule has 1 unspecified atom stereocenters. The number of halogens is 9. The second-order valence-electron chi connectivity index (χ2n) is 10.4. The van der Waals surface area contributed by atoms with E-state index in [0.29, 0.717) is 30.9 Å². The van der Waals surface area contributed by atoms with E-state index in [0.717, 1.165) is 30.8 Å². The van der Waals surface area contributed by atoms with Crippen molar-refractivity contribution in [2.45, 2.75) is 51.9 Å². The van der Waals surface area contributed by atoms with E-state index < -0.39 is 63.2 Å². The van der Waals surface area contributed by atoms with Gasteiger partial charge in [-0.25, -0.2) is 18.4 Å². The van der Waals surface area contributed by atoms with E-state index in [-0.39, 0.29) is 35.7 Å². The fourth-order valence-electron chi connectivity index (χ4n) is 4.57. The number of nitrogens with zero attached hydrogens (tertiary/aromatic N) is 4. The van der Waals surface area contributed by atoms with Crippen LogP contribution in [0.1, 0.15) is 54.6 Å². The first-order valence-electron chi connectivity index (χ1n) is 13.8. The summed E-state index contributed by atoms with van der Waals surface area (Å²) in [6.45, 7) is 4.84. The summed E-state index contributed by atoms with van der Waals surface area (Å²) in [5.74, 6) is -0.586. The Hall–Kier alpha value is -3.76. The van der Waals surface area contributed by atoms with Gasteiger partial charge in [-0.2, -0.15) is 39.5 Å². The van der Waals surface area contributed by atoms with E-state index >= 15 is 0 Å². The van der Waals surface area contributed by atoms with Crippen LogP contribution < -0.4 is 14.5 Å². The summed E-state index contributed by atoms with van der Waals surface area (Å²) < 4.78 is 152. The average Bonchev–Trinajstić information content (AvgIpc) is 2.95. The van der Waals surface area contributed by atoms with Crippen LogP contribution in [-0.2, 0) is 34.9 Å². The number of sulfone groups is 1. The molecule has 0 saturated heterocycles. The molecule has 0 fully saturated rings. The summed E-state index contributed by atoms with van der Waals surface area (Å²) in [4.78, 5) is 11.2. The molecule has 3 aromatic rings. The molecular formula is C29H31F9N4O3S. The Balaban J connectivity index is 2.20. The van der Waals surface area contributed by atoms with Gasteiger partial charge in [-0.15, -0.1) is 0 Å². The first kappa shape index (κ1) is 36.7. The fraction of sp³-hybridized carbons (Fsp3) is 0.448. The Morgan fingerprint density at radius 3 is 1.78 bits per heavy atom. The Kier molecular flexibility index (Phi) is 11.1. The lowest BCUT2D eigenvalue weighted by molar-refractivity contribution is -0.143. The third-order valence-electron chi connectivity index (χ3n) is 7.01. The van der Waals surface area contributed by atoms with Crippen LogP contribution >= 0.6 is 0 Å². The SMILES string of the molecule is CCN(CC)c1ccc(C(F)(F)F)cc1CN(c1ncc(OCCS(C)(=O)=O)cn1)C(C)c1cc(C(F)(F)F)cc(C(F)(F)F)c1. The summed E-state index contributed by atoms with van der Waals surface area (Å²) in [6.07, 6.45) is -11.8. The van der Waals surface area contributed by atoms with Gasteiger partial charge in [-0.1, -0.05) is 0 Å². The highest BCUT2D eigenvalue weighted by Crippen LogP contribution is 2.40. The molecule has 254 valence electrons. The minimum Gasteiger partial charge on any atom is -0.489 e. The molecule has 0 amide bonds. The van der Waals surface area contributed by atoms with Crippen LogP contribution in [0, 0.1) is 0 Å². The third-order valence-corrected chi connectivity index (χ3v) is 7.91. The van der Waals surface area contributed by atoms with Gasteiger partial charge in [-0.3, -0.25) is 0 Å². The molecule has 0 radical (unpaired) electrons. The molecule has 46 heavy (non-hydrogen) atoms. The van der Waals surface area contributed by atoms with E-state index in [1.807, 2.05) is 0 Å². The molecule has 17 heteroatoms. The number of rotatable bonds is 12. The zero-order valence-electron chi connectivity index (χ0n) is 25.1. The van der Waals surface area contributed by atoms with Gasteiger partial charge in [0.1, 0.15) is 6.61 Å². The van der Waals surface area contributed by atoms with Gasteiger partial charge in [-0.05, 0) is 68.3 Å². The minimum atomic E-state index is -5.14. The third kappa shape index (κ3) is 9.62. The smallest absolute Gasteiger partial charge is 0.416 e. The Morgan fingerprint density at radius 2 is 1.33 bits per heavy atom. The summed E-state index contributed by atoms with van der Waals surface area (Å²) in [6, 6.07) is 2.71. The zero-order valence-corrected chi connectivity index (χ0v) is 25.9. The first-order chi connectivity index (χ1) is 21.1. The number of alkyl halides is 9. The number of benzene rings is 2. The number of hydrogen-bond acceptors (Lipinski definition) is 7. The molecule has 0 aliphatic carbocycles. The monoisotopic (exact) mass is 686 g/mol. The van der Waals surface area contributed by atoms with Crippen LogP contribution in [-0.4, -0.2) is 50.1 Å². The maximum absolute atomic E-state index is 13.8. The standard InChI is InChI=1S/C29H31F9N4O3S/c1-5-41(6-2)25-8-7-21(27(30,31)32)13-20(25)17-42(26-39-15-24(16-40-26)45-9-10-46(4,43)44)18(3)19-11-22(28(33,34)35)14-23(12-19)29(36,37)38/h7-8,11-16,18H,5-6,9-10,17H2,1-4H3. The molecule has 1 atom stereocenters. The molecule has 0 bridgehead atoms. The lowest BCUT2D eigenvalue weighted by atomic mass is 9.98. The molecule has 1 heterocycles. The quantitative estimate of drug-likeness (QED) is 0.182. The van der Waals surface area contributed by atoms with Crippen molar-refractivity contribution in [3.8, 4) is 5.75 Å². The molecule has 7 nitrogen and oxygen atoms in total. The van der Waals surface area contributed by atoms with Crippen molar-refractivity contribution in [2.75, 3.05) is 41.5 Å². The Bertz CT molecular complexity index is 1560. The van der Waals surface area contributed by atoms with Gasteiger partial charge in [0.25, 0.3) is 0 Å². The fourth-order valence-corrected chi connectivity index (χ4v) is 4.95. The van der Waals surface area contributed by atoms with Crippen LogP contribution in [0.25, 0.3) is 0 Å². The predicted molar refractivity (Wildman–Crippen MR) is 153 cm³/mol. The van der Waals surface area contributed by atoms with Crippen LogP contribution in [0.5, 0.6) is 5.75 Å². The molecular weight excluding hydrogens is 655 g/mol. The van der Waals surface area contributed by atoms with Gasteiger partial charge in [0.15, 0.2) is 15.6 Å². The van der Waals surface area contributed by atoms with Crippen molar-refractivity contribution in [1.29, 1.82) is 0 Å². The molecule has 1 aromatic heterocycles. The normalized spacial score (nSPS) is 13.4. The lowest BCUT2D eigenvalue weighted by Crippen LogP contribution is -2.31. The summed E-state index contributed by atoms with van der Waals surface area (Å²) in [5.41, 5.74) is -4.18. The van der Waals surface area contributed by atoms with Crippen molar-refractivity contribution in [2.24, 2.45) is 0 Å². The van der Waals surface area contributed by atoms with Crippen LogP contribution in [0.3, 0.4) is 0 Å². The second kappa shape index (κ2) is 13.9. The second-order valence-corrected chi connectivity index (χ2v) is 12.6. The zero-order chi connectivity index (χ0) is 34.7.